The zero-order valence-corrected chi connectivity index (χ0v) is 27.4. The molecule has 0 fully saturated rings. The van der Waals surface area contributed by atoms with Gasteiger partial charge < -0.3 is 5.11 Å². The summed E-state index contributed by atoms with van der Waals surface area (Å²) in [5.41, 5.74) is 7.58. The van der Waals surface area contributed by atoms with Crippen molar-refractivity contribution >= 4 is 17.2 Å². The third-order valence-corrected chi connectivity index (χ3v) is 8.11. The monoisotopic (exact) mass is 604 g/mol. The molecule has 0 saturated carbocycles. The quantitative estimate of drug-likeness (QED) is 0.205. The van der Waals surface area contributed by atoms with Crippen LogP contribution < -0.4 is 4.90 Å². The maximum atomic E-state index is 11.8. The van der Waals surface area contributed by atoms with Crippen LogP contribution in [0.15, 0.2) is 128 Å². The molecule has 5 nitrogen and oxygen atoms in total. The third kappa shape index (κ3) is 6.40. The standard InChI is InChI=1S/C41H40N4O/c1-40(2,3)30-25-33(38(46)34(26-30)41(4,5)6)36-27-35(28-16-9-7-10-17-28)43-39(44-36)29-18-15-21-32(24-29)45(31-19-11-8-12-20-31)37-22-13-14-23-42-37/h7-27,46H,1-6H3. The molecule has 6 aromatic rings. The van der Waals surface area contributed by atoms with Crippen LogP contribution in [0.25, 0.3) is 33.9 Å². The number of aromatic nitrogens is 3. The second-order valence-electron chi connectivity index (χ2n) is 13.7. The van der Waals surface area contributed by atoms with Gasteiger partial charge in [-0.1, -0.05) is 114 Å². The Labute approximate surface area is 272 Å². The fourth-order valence-corrected chi connectivity index (χ4v) is 5.57. The highest BCUT2D eigenvalue weighted by Crippen LogP contribution is 2.43. The number of pyridine rings is 1. The van der Waals surface area contributed by atoms with Crippen molar-refractivity contribution in [2.24, 2.45) is 0 Å². The first-order valence-electron chi connectivity index (χ1n) is 15.7. The summed E-state index contributed by atoms with van der Waals surface area (Å²) >= 11 is 0. The number of hydrogen-bond acceptors (Lipinski definition) is 5. The molecule has 0 aliphatic rings. The molecule has 5 heteroatoms. The summed E-state index contributed by atoms with van der Waals surface area (Å²) in [7, 11) is 0. The van der Waals surface area contributed by atoms with Gasteiger partial charge in [0.05, 0.1) is 11.4 Å². The summed E-state index contributed by atoms with van der Waals surface area (Å²) in [6.45, 7) is 13.0. The van der Waals surface area contributed by atoms with Crippen LogP contribution in [-0.4, -0.2) is 20.1 Å². The van der Waals surface area contributed by atoms with Gasteiger partial charge in [-0.15, -0.1) is 0 Å². The summed E-state index contributed by atoms with van der Waals surface area (Å²) in [6.07, 6.45) is 1.80. The van der Waals surface area contributed by atoms with E-state index in [1.807, 2.05) is 72.8 Å². The molecule has 1 N–H and O–H groups in total. The smallest absolute Gasteiger partial charge is 0.160 e. The lowest BCUT2D eigenvalue weighted by Gasteiger charge is -2.27. The fourth-order valence-electron chi connectivity index (χ4n) is 5.57. The number of anilines is 3. The van der Waals surface area contributed by atoms with E-state index in [1.54, 1.807) is 6.20 Å². The van der Waals surface area contributed by atoms with Gasteiger partial charge in [-0.2, -0.15) is 0 Å². The predicted molar refractivity (Wildman–Crippen MR) is 190 cm³/mol. The third-order valence-electron chi connectivity index (χ3n) is 8.11. The number of phenols is 1. The molecule has 0 aliphatic carbocycles. The van der Waals surface area contributed by atoms with Gasteiger partial charge in [-0.3, -0.25) is 4.90 Å². The summed E-state index contributed by atoms with van der Waals surface area (Å²) in [6, 6.07) is 40.7. The molecule has 0 unspecified atom stereocenters. The van der Waals surface area contributed by atoms with Crippen LogP contribution in [0, 0.1) is 0 Å². The SMILES string of the molecule is CC(C)(C)c1cc(-c2cc(-c3ccccc3)nc(-c3cccc(N(c4ccccc4)c4ccccn4)c3)n2)c(O)c(C(C)(C)C)c1. The Hall–Kier alpha value is -5.29. The molecule has 0 atom stereocenters. The second-order valence-corrected chi connectivity index (χ2v) is 13.7. The molecule has 2 aromatic heterocycles. The molecule has 4 aromatic carbocycles. The topological polar surface area (TPSA) is 62.1 Å². The molecule has 0 bridgehead atoms. The van der Waals surface area contributed by atoms with Crippen molar-refractivity contribution in [3.05, 3.63) is 139 Å². The largest absolute Gasteiger partial charge is 0.507 e. The van der Waals surface area contributed by atoms with Gasteiger partial charge >= 0.3 is 0 Å². The first-order valence-corrected chi connectivity index (χ1v) is 15.7. The van der Waals surface area contributed by atoms with Crippen molar-refractivity contribution in [3.8, 4) is 39.7 Å². The number of para-hydroxylation sites is 1. The Morgan fingerprint density at radius 2 is 1.20 bits per heavy atom. The zero-order chi connectivity index (χ0) is 32.5. The van der Waals surface area contributed by atoms with E-state index in [0.717, 1.165) is 45.1 Å². The molecule has 0 saturated heterocycles. The van der Waals surface area contributed by atoms with Gasteiger partial charge in [0.15, 0.2) is 5.82 Å². The molecule has 0 spiro atoms. The zero-order valence-electron chi connectivity index (χ0n) is 27.4. The van der Waals surface area contributed by atoms with Crippen molar-refractivity contribution in [2.75, 3.05) is 4.90 Å². The Kier molecular flexibility index (Phi) is 8.18. The van der Waals surface area contributed by atoms with Crippen LogP contribution in [0.5, 0.6) is 5.75 Å². The number of hydrogen-bond donors (Lipinski definition) is 1. The highest BCUT2D eigenvalue weighted by molar-refractivity contribution is 5.80. The van der Waals surface area contributed by atoms with Gasteiger partial charge in [0, 0.05) is 39.8 Å². The molecule has 0 aliphatic heterocycles. The van der Waals surface area contributed by atoms with Crippen LogP contribution in [-0.2, 0) is 10.8 Å². The first kappa shape index (κ1) is 30.7. The lowest BCUT2D eigenvalue weighted by Crippen LogP contribution is -2.17. The molecule has 0 amide bonds. The van der Waals surface area contributed by atoms with Crippen LogP contribution in [0.2, 0.25) is 0 Å². The minimum Gasteiger partial charge on any atom is -0.507 e. The highest BCUT2D eigenvalue weighted by Gasteiger charge is 2.26. The van der Waals surface area contributed by atoms with Crippen molar-refractivity contribution in [3.63, 3.8) is 0 Å². The van der Waals surface area contributed by atoms with Crippen molar-refractivity contribution in [1.29, 1.82) is 0 Å². The first-order chi connectivity index (χ1) is 22.0. The van der Waals surface area contributed by atoms with E-state index >= 15 is 0 Å². The van der Waals surface area contributed by atoms with E-state index in [-0.39, 0.29) is 16.6 Å². The van der Waals surface area contributed by atoms with Crippen molar-refractivity contribution < 1.29 is 5.11 Å². The average Bonchev–Trinajstić information content (AvgIpc) is 3.05. The minimum atomic E-state index is -0.265. The number of phenolic OH excluding ortho intramolecular Hbond substituents is 1. The Morgan fingerprint density at radius 1 is 0.565 bits per heavy atom. The molecule has 230 valence electrons. The Bertz CT molecular complexity index is 1920. The highest BCUT2D eigenvalue weighted by atomic mass is 16.3. The van der Waals surface area contributed by atoms with Crippen LogP contribution in [0.3, 0.4) is 0 Å². The molecule has 46 heavy (non-hydrogen) atoms. The van der Waals surface area contributed by atoms with Crippen molar-refractivity contribution in [2.45, 2.75) is 52.4 Å². The van der Waals surface area contributed by atoms with E-state index in [0.29, 0.717) is 17.1 Å². The fraction of sp³-hybridized carbons (Fsp3) is 0.195. The van der Waals surface area contributed by atoms with Crippen molar-refractivity contribution in [1.82, 2.24) is 15.0 Å². The maximum absolute atomic E-state index is 11.8. The van der Waals surface area contributed by atoms with E-state index in [9.17, 15) is 5.11 Å². The van der Waals surface area contributed by atoms with Gasteiger partial charge in [0.1, 0.15) is 11.6 Å². The van der Waals surface area contributed by atoms with Gasteiger partial charge in [0.2, 0.25) is 0 Å². The van der Waals surface area contributed by atoms with Crippen LogP contribution in [0.1, 0.15) is 52.7 Å². The maximum Gasteiger partial charge on any atom is 0.160 e. The van der Waals surface area contributed by atoms with Gasteiger partial charge in [0.25, 0.3) is 0 Å². The second kappa shape index (κ2) is 12.2. The number of aromatic hydroxyl groups is 1. The predicted octanol–water partition coefficient (Wildman–Crippen LogP) is 10.6. The number of rotatable bonds is 6. The molecular weight excluding hydrogens is 564 g/mol. The van der Waals surface area contributed by atoms with Gasteiger partial charge in [-0.05, 0) is 64.9 Å². The molecule has 6 rings (SSSR count). The Balaban J connectivity index is 1.57. The van der Waals surface area contributed by atoms with E-state index in [4.69, 9.17) is 9.97 Å². The lowest BCUT2D eigenvalue weighted by atomic mass is 9.78. The van der Waals surface area contributed by atoms with E-state index in [2.05, 4.69) is 100.0 Å². The summed E-state index contributed by atoms with van der Waals surface area (Å²) in [5, 5.41) is 11.8. The Morgan fingerprint density at radius 3 is 1.85 bits per heavy atom. The summed E-state index contributed by atoms with van der Waals surface area (Å²) in [5.74, 6) is 1.64. The molecular formula is C41H40N4O. The normalized spacial score (nSPS) is 11.8. The minimum absolute atomic E-state index is 0.124. The summed E-state index contributed by atoms with van der Waals surface area (Å²) < 4.78 is 0. The van der Waals surface area contributed by atoms with Gasteiger partial charge in [-0.25, -0.2) is 15.0 Å². The van der Waals surface area contributed by atoms with Crippen LogP contribution >= 0.6 is 0 Å². The van der Waals surface area contributed by atoms with Crippen LogP contribution in [0.4, 0.5) is 17.2 Å². The number of benzene rings is 4. The van der Waals surface area contributed by atoms with E-state index < -0.39 is 0 Å². The lowest BCUT2D eigenvalue weighted by molar-refractivity contribution is 0.446. The average molecular weight is 605 g/mol. The molecule has 2 heterocycles. The van der Waals surface area contributed by atoms with E-state index in [1.165, 1.54) is 0 Å². The summed E-state index contributed by atoms with van der Waals surface area (Å²) in [4.78, 5) is 17.0. The molecule has 0 radical (unpaired) electrons. The number of nitrogens with zero attached hydrogens (tertiary/aromatic N) is 4.